The second-order valence-electron chi connectivity index (χ2n) is 11.3. The Morgan fingerprint density at radius 2 is 1.86 bits per heavy atom. The average molecular weight is 507 g/mol. The van der Waals surface area contributed by atoms with E-state index in [0.29, 0.717) is 37.2 Å². The number of hydrogen-bond donors (Lipinski definition) is 3. The van der Waals surface area contributed by atoms with Crippen molar-refractivity contribution in [3.8, 4) is 11.5 Å². The van der Waals surface area contributed by atoms with Crippen molar-refractivity contribution in [2.24, 2.45) is 28.9 Å². The van der Waals surface area contributed by atoms with Crippen molar-refractivity contribution in [2.75, 3.05) is 34.0 Å². The lowest BCUT2D eigenvalue weighted by atomic mass is 9.77. The molecule has 3 unspecified atom stereocenters. The predicted octanol–water partition coefficient (Wildman–Crippen LogP) is 4.34. The minimum absolute atomic E-state index is 0.0114. The standard InChI is InChI=1S/C29H50N2O5/c1-20(2)22(16-21-12-13-26(35-6)27(17-21)36-15-9-14-34-5)18-24(30)25(32)19-31-28(33)29(3,4)23-10-7-8-11-23/h12-13,17,20,22-25,32H,7-11,14-16,18-19,30H2,1-6H3,(H,31,33). The molecule has 1 amide bonds. The van der Waals surface area contributed by atoms with Crippen LogP contribution < -0.4 is 20.5 Å². The summed E-state index contributed by atoms with van der Waals surface area (Å²) < 4.78 is 16.5. The molecule has 206 valence electrons. The monoisotopic (exact) mass is 506 g/mol. The number of nitrogens with two attached hydrogens (primary N) is 1. The van der Waals surface area contributed by atoms with Gasteiger partial charge >= 0.3 is 0 Å². The number of aliphatic hydroxyl groups is 1. The van der Waals surface area contributed by atoms with E-state index in [-0.39, 0.29) is 18.4 Å². The maximum atomic E-state index is 12.9. The largest absolute Gasteiger partial charge is 0.493 e. The molecule has 0 radical (unpaired) electrons. The van der Waals surface area contributed by atoms with Crippen molar-refractivity contribution in [1.82, 2.24) is 5.32 Å². The summed E-state index contributed by atoms with van der Waals surface area (Å²) in [7, 11) is 3.32. The highest BCUT2D eigenvalue weighted by Crippen LogP contribution is 2.39. The van der Waals surface area contributed by atoms with Gasteiger partial charge in [-0.2, -0.15) is 0 Å². The summed E-state index contributed by atoms with van der Waals surface area (Å²) in [4.78, 5) is 12.9. The molecule has 0 spiro atoms. The van der Waals surface area contributed by atoms with Gasteiger partial charge in [-0.1, -0.05) is 46.6 Å². The van der Waals surface area contributed by atoms with Gasteiger partial charge in [-0.05, 0) is 61.1 Å². The van der Waals surface area contributed by atoms with Gasteiger partial charge in [0.05, 0.1) is 19.8 Å². The van der Waals surface area contributed by atoms with Crippen LogP contribution in [0.5, 0.6) is 11.5 Å². The Morgan fingerprint density at radius 1 is 1.17 bits per heavy atom. The number of carbonyl (C=O) groups excluding carboxylic acids is 1. The summed E-state index contributed by atoms with van der Waals surface area (Å²) >= 11 is 0. The van der Waals surface area contributed by atoms with E-state index in [4.69, 9.17) is 19.9 Å². The lowest BCUT2D eigenvalue weighted by Crippen LogP contribution is -2.48. The summed E-state index contributed by atoms with van der Waals surface area (Å²) in [6.07, 6.45) is 6.09. The lowest BCUT2D eigenvalue weighted by molar-refractivity contribution is -0.132. The van der Waals surface area contributed by atoms with Crippen LogP contribution >= 0.6 is 0 Å². The molecule has 3 atom stereocenters. The quantitative estimate of drug-likeness (QED) is 0.288. The number of aliphatic hydroxyl groups excluding tert-OH is 1. The van der Waals surface area contributed by atoms with E-state index in [9.17, 15) is 9.90 Å². The van der Waals surface area contributed by atoms with Crippen molar-refractivity contribution in [2.45, 2.75) is 84.8 Å². The average Bonchev–Trinajstić information content (AvgIpc) is 3.40. The molecule has 4 N–H and O–H groups in total. The van der Waals surface area contributed by atoms with Crippen molar-refractivity contribution >= 4 is 5.91 Å². The summed E-state index contributed by atoms with van der Waals surface area (Å²) in [6, 6.07) is 5.61. The van der Waals surface area contributed by atoms with Gasteiger partial charge in [0.15, 0.2) is 11.5 Å². The first-order valence-electron chi connectivity index (χ1n) is 13.6. The fourth-order valence-electron chi connectivity index (χ4n) is 5.16. The number of amides is 1. The minimum atomic E-state index is -0.787. The number of rotatable bonds is 16. The zero-order valence-corrected chi connectivity index (χ0v) is 23.3. The Hall–Kier alpha value is -1.83. The number of carbonyl (C=O) groups is 1. The van der Waals surface area contributed by atoms with E-state index in [1.807, 2.05) is 26.0 Å². The Kier molecular flexibility index (Phi) is 12.5. The first-order valence-corrected chi connectivity index (χ1v) is 13.6. The smallest absolute Gasteiger partial charge is 0.226 e. The van der Waals surface area contributed by atoms with Crippen LogP contribution in [0.3, 0.4) is 0 Å². The fourth-order valence-corrected chi connectivity index (χ4v) is 5.16. The van der Waals surface area contributed by atoms with Gasteiger partial charge in [-0.15, -0.1) is 0 Å². The van der Waals surface area contributed by atoms with Crippen LogP contribution in [0.1, 0.15) is 71.8 Å². The molecule has 0 aliphatic heterocycles. The highest BCUT2D eigenvalue weighted by molar-refractivity contribution is 5.82. The van der Waals surface area contributed by atoms with Crippen LogP contribution in [0.2, 0.25) is 0 Å². The Morgan fingerprint density at radius 3 is 2.47 bits per heavy atom. The third kappa shape index (κ3) is 8.93. The van der Waals surface area contributed by atoms with E-state index in [2.05, 4.69) is 25.2 Å². The van der Waals surface area contributed by atoms with E-state index in [0.717, 1.165) is 37.0 Å². The maximum Gasteiger partial charge on any atom is 0.226 e. The number of hydrogen-bond acceptors (Lipinski definition) is 6. The molecule has 7 nitrogen and oxygen atoms in total. The van der Waals surface area contributed by atoms with Crippen LogP contribution in [-0.4, -0.2) is 57.1 Å². The van der Waals surface area contributed by atoms with Crippen LogP contribution in [0.15, 0.2) is 18.2 Å². The minimum Gasteiger partial charge on any atom is -0.493 e. The molecule has 2 rings (SSSR count). The second kappa shape index (κ2) is 14.8. The van der Waals surface area contributed by atoms with Crippen LogP contribution in [-0.2, 0) is 16.0 Å². The normalized spacial score (nSPS) is 17.1. The third-order valence-corrected chi connectivity index (χ3v) is 7.92. The first kappa shape index (κ1) is 30.4. The predicted molar refractivity (Wildman–Crippen MR) is 144 cm³/mol. The molecule has 1 aliphatic carbocycles. The van der Waals surface area contributed by atoms with E-state index < -0.39 is 17.6 Å². The summed E-state index contributed by atoms with van der Waals surface area (Å²) in [5.74, 6) is 2.51. The Bertz CT molecular complexity index is 792. The van der Waals surface area contributed by atoms with Crippen molar-refractivity contribution < 1.29 is 24.1 Å². The van der Waals surface area contributed by atoms with Gasteiger partial charge in [-0.3, -0.25) is 4.79 Å². The van der Waals surface area contributed by atoms with Gasteiger partial charge in [0.2, 0.25) is 5.91 Å². The molecular formula is C29H50N2O5. The molecule has 7 heteroatoms. The van der Waals surface area contributed by atoms with Crippen molar-refractivity contribution in [3.05, 3.63) is 23.8 Å². The molecule has 0 bridgehead atoms. The van der Waals surface area contributed by atoms with Crippen molar-refractivity contribution in [3.63, 3.8) is 0 Å². The highest BCUT2D eigenvalue weighted by atomic mass is 16.5. The van der Waals surface area contributed by atoms with E-state index >= 15 is 0 Å². The lowest BCUT2D eigenvalue weighted by Gasteiger charge is -2.32. The van der Waals surface area contributed by atoms with E-state index in [1.54, 1.807) is 14.2 Å². The van der Waals surface area contributed by atoms with Crippen LogP contribution in [0.4, 0.5) is 0 Å². The molecular weight excluding hydrogens is 456 g/mol. The fraction of sp³-hybridized carbons (Fsp3) is 0.759. The molecule has 36 heavy (non-hydrogen) atoms. The summed E-state index contributed by atoms with van der Waals surface area (Å²) in [5.41, 5.74) is 7.16. The molecule has 0 saturated heterocycles. The first-order chi connectivity index (χ1) is 17.1. The second-order valence-corrected chi connectivity index (χ2v) is 11.3. The number of methoxy groups -OCH3 is 2. The zero-order valence-electron chi connectivity index (χ0n) is 23.3. The molecule has 0 heterocycles. The number of ether oxygens (including phenoxy) is 3. The Balaban J connectivity index is 1.94. The van der Waals surface area contributed by atoms with Gasteiger partial charge < -0.3 is 30.4 Å². The van der Waals surface area contributed by atoms with Crippen LogP contribution in [0, 0.1) is 23.2 Å². The number of nitrogens with one attached hydrogen (secondary N) is 1. The molecule has 1 fully saturated rings. The molecule has 1 aromatic carbocycles. The van der Waals surface area contributed by atoms with Crippen LogP contribution in [0.25, 0.3) is 0 Å². The van der Waals surface area contributed by atoms with Gasteiger partial charge in [0.1, 0.15) is 0 Å². The topological polar surface area (TPSA) is 103 Å². The Labute approximate surface area is 218 Å². The molecule has 0 aromatic heterocycles. The number of benzene rings is 1. The highest BCUT2D eigenvalue weighted by Gasteiger charge is 2.38. The SMILES string of the molecule is COCCCOc1cc(CC(CC(N)C(O)CNC(=O)C(C)(C)C2CCCC2)C(C)C)ccc1OC. The van der Waals surface area contributed by atoms with Gasteiger partial charge in [0.25, 0.3) is 0 Å². The van der Waals surface area contributed by atoms with E-state index in [1.165, 1.54) is 12.8 Å². The van der Waals surface area contributed by atoms with Crippen molar-refractivity contribution in [1.29, 1.82) is 0 Å². The summed E-state index contributed by atoms with van der Waals surface area (Å²) in [6.45, 7) is 9.79. The third-order valence-electron chi connectivity index (χ3n) is 7.92. The summed E-state index contributed by atoms with van der Waals surface area (Å²) in [5, 5.41) is 13.7. The molecule has 1 aliphatic rings. The zero-order chi connectivity index (χ0) is 26.7. The van der Waals surface area contributed by atoms with Gasteiger partial charge in [0, 0.05) is 38.1 Å². The maximum absolute atomic E-state index is 12.9. The molecule has 1 aromatic rings. The van der Waals surface area contributed by atoms with Gasteiger partial charge in [-0.25, -0.2) is 0 Å². The molecule has 1 saturated carbocycles.